The Morgan fingerprint density at radius 1 is 0.696 bits per heavy atom. The lowest BCUT2D eigenvalue weighted by Gasteiger charge is -2.08. The van der Waals surface area contributed by atoms with Crippen molar-refractivity contribution in [2.24, 2.45) is 0 Å². The normalized spacial score (nSPS) is 13.7. The van der Waals surface area contributed by atoms with Crippen LogP contribution in [0.4, 0.5) is 26.3 Å². The number of hydrogen-bond donors (Lipinski definition) is 0. The Morgan fingerprint density at radius 3 is 1.17 bits per heavy atom. The molecule has 9 nitrogen and oxygen atoms in total. The third kappa shape index (κ3) is 6.67. The third-order valence-corrected chi connectivity index (χ3v) is 3.45. The Bertz CT molecular complexity index is 600. The fraction of sp³-hybridized carbons (Fsp3) is 0.667. The van der Waals surface area contributed by atoms with Gasteiger partial charge in [0.05, 0.1) is 0 Å². The molecule has 0 aliphatic rings. The van der Waals surface area contributed by atoms with Crippen molar-refractivity contribution in [3.8, 4) is 0 Å². The van der Waals surface area contributed by atoms with E-state index < -0.39 is 56.4 Å². The maximum atomic E-state index is 11.8. The van der Waals surface area contributed by atoms with Crippen LogP contribution in [0.3, 0.4) is 0 Å². The topological polar surface area (TPSA) is 130 Å². The zero-order valence-electron chi connectivity index (χ0n) is 10.2. The molecule has 0 heterocycles. The van der Waals surface area contributed by atoms with Gasteiger partial charge in [-0.15, -0.1) is 0 Å². The molecule has 0 unspecified atom stereocenters. The number of carbonyl (C=O) groups is 2. The van der Waals surface area contributed by atoms with Gasteiger partial charge in [-0.05, 0) is 0 Å². The highest BCUT2D eigenvalue weighted by Crippen LogP contribution is 2.25. The lowest BCUT2D eigenvalue weighted by Crippen LogP contribution is -2.31. The van der Waals surface area contributed by atoms with Crippen molar-refractivity contribution in [3.63, 3.8) is 0 Å². The van der Waals surface area contributed by atoms with Gasteiger partial charge in [0.15, 0.2) is 13.2 Å². The summed E-state index contributed by atoms with van der Waals surface area (Å²) in [6.45, 7) is -3.89. The largest absolute Gasteiger partial charge is 0.523 e. The Morgan fingerprint density at radius 2 is 0.957 bits per heavy atom. The zero-order chi connectivity index (χ0) is 18.7. The predicted octanol–water partition coefficient (Wildman–Crippen LogP) is -0.211. The number of halogens is 6. The van der Waals surface area contributed by atoms with Gasteiger partial charge >= 0.3 is 43.2 Å². The SMILES string of the molecule is O=C(COS(=O)(=O)C(F)(F)F)OC(=O)COS(=O)(=O)C(F)(F)F. The Balaban J connectivity index is 4.47. The van der Waals surface area contributed by atoms with Crippen LogP contribution in [0.2, 0.25) is 0 Å². The molecule has 0 bridgehead atoms. The molecule has 0 amide bonds. The van der Waals surface area contributed by atoms with Crippen molar-refractivity contribution in [3.05, 3.63) is 0 Å². The fourth-order valence-electron chi connectivity index (χ4n) is 0.571. The van der Waals surface area contributed by atoms with E-state index >= 15 is 0 Å². The van der Waals surface area contributed by atoms with Gasteiger partial charge in [-0.25, -0.2) is 9.59 Å². The molecule has 0 N–H and O–H groups in total. The molecule has 0 aliphatic heterocycles. The van der Waals surface area contributed by atoms with Crippen molar-refractivity contribution in [1.29, 1.82) is 0 Å². The van der Waals surface area contributed by atoms with Crippen molar-refractivity contribution < 1.29 is 65.9 Å². The lowest BCUT2D eigenvalue weighted by molar-refractivity contribution is -0.162. The van der Waals surface area contributed by atoms with Crippen LogP contribution in [0.15, 0.2) is 0 Å². The molecule has 0 atom stereocenters. The molecule has 0 spiro atoms. The van der Waals surface area contributed by atoms with E-state index in [1.807, 2.05) is 0 Å². The quantitative estimate of drug-likeness (QED) is 0.196. The molecule has 0 aromatic rings. The summed E-state index contributed by atoms with van der Waals surface area (Å²) in [5.74, 6) is -4.12. The van der Waals surface area contributed by atoms with Crippen LogP contribution in [0.1, 0.15) is 0 Å². The molecule has 0 fully saturated rings. The highest BCUT2D eigenvalue weighted by Gasteiger charge is 2.48. The van der Waals surface area contributed by atoms with Crippen LogP contribution in [-0.2, 0) is 42.9 Å². The maximum absolute atomic E-state index is 11.8. The summed E-state index contributed by atoms with van der Waals surface area (Å²) in [7, 11) is -12.3. The minimum absolute atomic E-state index is 1.94. The first-order valence-corrected chi connectivity index (χ1v) is 7.46. The number of carbonyl (C=O) groups excluding carboxylic acids is 2. The minimum Gasteiger partial charge on any atom is -0.390 e. The number of hydrogen-bond acceptors (Lipinski definition) is 9. The van der Waals surface area contributed by atoms with Crippen molar-refractivity contribution in [2.75, 3.05) is 13.2 Å². The second kappa shape index (κ2) is 6.97. The van der Waals surface area contributed by atoms with Crippen molar-refractivity contribution >= 4 is 32.2 Å². The van der Waals surface area contributed by atoms with Gasteiger partial charge in [-0.1, -0.05) is 0 Å². The monoisotopic (exact) mass is 398 g/mol. The Kier molecular flexibility index (Phi) is 6.53. The summed E-state index contributed by atoms with van der Waals surface area (Å²) < 4.78 is 122. The van der Waals surface area contributed by atoms with Gasteiger partial charge in [-0.2, -0.15) is 43.2 Å². The van der Waals surface area contributed by atoms with E-state index in [0.717, 1.165) is 0 Å². The van der Waals surface area contributed by atoms with E-state index in [-0.39, 0.29) is 0 Å². The maximum Gasteiger partial charge on any atom is 0.523 e. The molecule has 17 heteroatoms. The van der Waals surface area contributed by atoms with Crippen molar-refractivity contribution in [1.82, 2.24) is 0 Å². The van der Waals surface area contributed by atoms with E-state index in [0.29, 0.717) is 0 Å². The van der Waals surface area contributed by atoms with Crippen LogP contribution >= 0.6 is 0 Å². The third-order valence-electron chi connectivity index (χ3n) is 1.46. The standard InChI is InChI=1S/C6H4F6O9S2/c7-5(8,9)22(15,16)19-1-3(13)21-4(14)2-20-23(17,18)6(10,11)12/h1-2H2. The minimum atomic E-state index is -6.17. The van der Waals surface area contributed by atoms with E-state index in [1.165, 1.54) is 0 Å². The molecule has 23 heavy (non-hydrogen) atoms. The first-order chi connectivity index (χ1) is 9.99. The Labute approximate surface area is 123 Å². The van der Waals surface area contributed by atoms with Crippen LogP contribution in [-0.4, -0.2) is 53.0 Å². The molecule has 0 saturated carbocycles. The van der Waals surface area contributed by atoms with Gasteiger partial charge in [-0.3, -0.25) is 8.37 Å². The average molecular weight is 398 g/mol. The summed E-state index contributed by atoms with van der Waals surface area (Å²) in [5.41, 5.74) is -11.7. The number of rotatable bonds is 6. The number of alkyl halides is 6. The van der Waals surface area contributed by atoms with Gasteiger partial charge in [0.25, 0.3) is 0 Å². The molecular weight excluding hydrogens is 394 g/mol. The summed E-state index contributed by atoms with van der Waals surface area (Å²) in [4.78, 5) is 21.4. The molecule has 0 saturated heterocycles. The van der Waals surface area contributed by atoms with Crippen LogP contribution < -0.4 is 0 Å². The van der Waals surface area contributed by atoms with Gasteiger partial charge < -0.3 is 4.74 Å². The molecule has 0 rings (SSSR count). The average Bonchev–Trinajstić information content (AvgIpc) is 2.31. The first-order valence-electron chi connectivity index (χ1n) is 4.64. The highest BCUT2D eigenvalue weighted by atomic mass is 32.2. The van der Waals surface area contributed by atoms with Crippen molar-refractivity contribution in [2.45, 2.75) is 11.0 Å². The number of esters is 2. The molecule has 136 valence electrons. The molecular formula is C6H4F6O9S2. The van der Waals surface area contributed by atoms with Gasteiger partial charge in [0.1, 0.15) is 0 Å². The second-order valence-corrected chi connectivity index (χ2v) is 6.38. The van der Waals surface area contributed by atoms with E-state index in [1.54, 1.807) is 0 Å². The molecule has 0 radical (unpaired) electrons. The molecule has 0 aromatic carbocycles. The highest BCUT2D eigenvalue weighted by molar-refractivity contribution is 7.87. The van der Waals surface area contributed by atoms with Gasteiger partial charge in [0.2, 0.25) is 0 Å². The van der Waals surface area contributed by atoms with E-state index in [2.05, 4.69) is 13.1 Å². The Hall–Kier alpha value is -1.46. The predicted molar refractivity (Wildman–Crippen MR) is 53.0 cm³/mol. The first kappa shape index (κ1) is 21.5. The summed E-state index contributed by atoms with van der Waals surface area (Å²) in [6.07, 6.45) is 0. The summed E-state index contributed by atoms with van der Waals surface area (Å²) in [5, 5.41) is 0. The summed E-state index contributed by atoms with van der Waals surface area (Å²) in [6, 6.07) is 0. The number of ether oxygens (including phenoxy) is 1. The molecule has 0 aromatic heterocycles. The smallest absolute Gasteiger partial charge is 0.390 e. The zero-order valence-corrected chi connectivity index (χ0v) is 11.8. The van der Waals surface area contributed by atoms with Gasteiger partial charge in [0, 0.05) is 0 Å². The van der Waals surface area contributed by atoms with E-state index in [9.17, 15) is 52.8 Å². The fourth-order valence-corrected chi connectivity index (χ4v) is 1.34. The summed E-state index contributed by atoms with van der Waals surface area (Å²) >= 11 is 0. The van der Waals surface area contributed by atoms with E-state index in [4.69, 9.17) is 0 Å². The lowest BCUT2D eigenvalue weighted by atomic mass is 10.7. The van der Waals surface area contributed by atoms with Crippen LogP contribution in [0, 0.1) is 0 Å². The van der Waals surface area contributed by atoms with Crippen LogP contribution in [0.5, 0.6) is 0 Å². The van der Waals surface area contributed by atoms with Crippen LogP contribution in [0.25, 0.3) is 0 Å². The second-order valence-electron chi connectivity index (χ2n) is 3.17. The molecule has 0 aliphatic carbocycles.